The van der Waals surface area contributed by atoms with Gasteiger partial charge in [0.05, 0.1) is 11.8 Å². The fourth-order valence-corrected chi connectivity index (χ4v) is 3.76. The molecule has 0 fully saturated rings. The molecule has 23 heavy (non-hydrogen) atoms. The van der Waals surface area contributed by atoms with Crippen molar-refractivity contribution in [1.29, 1.82) is 0 Å². The van der Waals surface area contributed by atoms with Gasteiger partial charge in [-0.2, -0.15) is 0 Å². The first kappa shape index (κ1) is 18.8. The second-order valence-corrected chi connectivity index (χ2v) is 9.61. The molecule has 1 aliphatic rings. The molecule has 0 amide bonds. The Morgan fingerprint density at radius 1 is 1.43 bits per heavy atom. The van der Waals surface area contributed by atoms with E-state index in [2.05, 4.69) is 9.71 Å². The van der Waals surface area contributed by atoms with Crippen LogP contribution in [-0.2, 0) is 16.9 Å². The van der Waals surface area contributed by atoms with Crippen LogP contribution in [-0.4, -0.2) is 26.0 Å². The van der Waals surface area contributed by atoms with Gasteiger partial charge in [0, 0.05) is 16.9 Å². The SMILES string of the molecule is CC(O)c1cc2c(c(Cl)n1)OCC2(N[S+]([O-])C(C)(C)C)C(C)C. The van der Waals surface area contributed by atoms with Crippen LogP contribution in [0, 0.1) is 5.92 Å². The van der Waals surface area contributed by atoms with Crippen molar-refractivity contribution in [3.63, 3.8) is 0 Å². The van der Waals surface area contributed by atoms with E-state index in [0.717, 1.165) is 5.56 Å². The lowest BCUT2D eigenvalue weighted by Gasteiger charge is -2.36. The minimum absolute atomic E-state index is 0.107. The third-order valence-corrected chi connectivity index (χ3v) is 6.04. The van der Waals surface area contributed by atoms with Crippen LogP contribution in [0.5, 0.6) is 5.75 Å². The number of halogens is 1. The van der Waals surface area contributed by atoms with Gasteiger partial charge in [-0.25, -0.2) is 4.98 Å². The second-order valence-electron chi connectivity index (χ2n) is 7.29. The topological polar surface area (TPSA) is 77.4 Å². The van der Waals surface area contributed by atoms with Gasteiger partial charge in [-0.1, -0.05) is 25.4 Å². The van der Waals surface area contributed by atoms with Crippen LogP contribution in [0.4, 0.5) is 0 Å². The van der Waals surface area contributed by atoms with Crippen LogP contribution >= 0.6 is 11.6 Å². The normalized spacial score (nSPS) is 23.6. The molecule has 2 heterocycles. The van der Waals surface area contributed by atoms with Crippen molar-refractivity contribution in [2.45, 2.75) is 57.9 Å². The molecule has 2 rings (SSSR count). The Kier molecular flexibility index (Phi) is 5.24. The number of ether oxygens (including phenoxy) is 1. The molecule has 130 valence electrons. The lowest BCUT2D eigenvalue weighted by Crippen LogP contribution is -2.55. The highest BCUT2D eigenvalue weighted by molar-refractivity contribution is 7.90. The van der Waals surface area contributed by atoms with Crippen LogP contribution in [0.15, 0.2) is 6.07 Å². The van der Waals surface area contributed by atoms with E-state index in [1.54, 1.807) is 13.0 Å². The number of rotatable bonds is 4. The fraction of sp³-hybridized carbons (Fsp3) is 0.688. The molecular formula is C16H25ClN2O3S. The number of fused-ring (bicyclic) bond motifs is 1. The standard InChI is InChI=1S/C16H25ClN2O3S/c1-9(2)16(19-23(21)15(4,5)6)8-22-13-11(16)7-12(10(3)20)18-14(13)17/h7,9-10,19-20H,8H2,1-6H3. The van der Waals surface area contributed by atoms with Gasteiger partial charge < -0.3 is 14.4 Å². The van der Waals surface area contributed by atoms with Crippen molar-refractivity contribution < 1.29 is 14.4 Å². The summed E-state index contributed by atoms with van der Waals surface area (Å²) in [6, 6.07) is 1.80. The van der Waals surface area contributed by atoms with Gasteiger partial charge in [-0.05, 0) is 39.7 Å². The Bertz CT molecular complexity index is 589. The molecule has 0 spiro atoms. The maximum atomic E-state index is 12.7. The third kappa shape index (κ3) is 3.46. The van der Waals surface area contributed by atoms with Crippen LogP contribution in [0.25, 0.3) is 0 Å². The number of aromatic nitrogens is 1. The number of hydrogen-bond acceptors (Lipinski definition) is 5. The Morgan fingerprint density at radius 3 is 2.52 bits per heavy atom. The molecule has 0 aromatic carbocycles. The Morgan fingerprint density at radius 2 is 2.04 bits per heavy atom. The van der Waals surface area contributed by atoms with E-state index in [1.165, 1.54) is 0 Å². The van der Waals surface area contributed by atoms with E-state index < -0.39 is 27.8 Å². The summed E-state index contributed by atoms with van der Waals surface area (Å²) in [6.45, 7) is 11.8. The highest BCUT2D eigenvalue weighted by Gasteiger charge is 2.50. The Hall–Kier alpha value is -0.530. The molecule has 0 aliphatic carbocycles. The number of pyridine rings is 1. The predicted molar refractivity (Wildman–Crippen MR) is 92.9 cm³/mol. The van der Waals surface area contributed by atoms with Gasteiger partial charge in [-0.3, -0.25) is 0 Å². The minimum Gasteiger partial charge on any atom is -0.598 e. The zero-order valence-electron chi connectivity index (χ0n) is 14.4. The average Bonchev–Trinajstić information content (AvgIpc) is 2.78. The summed E-state index contributed by atoms with van der Waals surface area (Å²) in [4.78, 5) is 4.18. The first-order chi connectivity index (χ1) is 10.5. The fourth-order valence-electron chi connectivity index (χ4n) is 2.47. The summed E-state index contributed by atoms with van der Waals surface area (Å²) in [6.07, 6.45) is -0.739. The lowest BCUT2D eigenvalue weighted by atomic mass is 9.82. The summed E-state index contributed by atoms with van der Waals surface area (Å²) in [5.41, 5.74) is 0.651. The summed E-state index contributed by atoms with van der Waals surface area (Å²) in [5, 5.41) is 10.1. The van der Waals surface area contributed by atoms with Crippen molar-refractivity contribution in [3.05, 3.63) is 22.5 Å². The highest BCUT2D eigenvalue weighted by Crippen LogP contribution is 2.46. The van der Waals surface area contributed by atoms with E-state index in [4.69, 9.17) is 16.3 Å². The molecule has 0 radical (unpaired) electrons. The quantitative estimate of drug-likeness (QED) is 0.637. The molecule has 3 atom stereocenters. The van der Waals surface area contributed by atoms with Gasteiger partial charge in [0.2, 0.25) is 0 Å². The predicted octanol–water partition coefficient (Wildman–Crippen LogP) is 3.08. The Labute approximate surface area is 146 Å². The smallest absolute Gasteiger partial charge is 0.171 e. The zero-order chi connectivity index (χ0) is 17.6. The molecule has 1 aromatic rings. The lowest BCUT2D eigenvalue weighted by molar-refractivity contribution is 0.193. The number of nitrogens with one attached hydrogen (secondary N) is 1. The van der Waals surface area contributed by atoms with E-state index in [0.29, 0.717) is 18.1 Å². The second kappa shape index (κ2) is 6.41. The van der Waals surface area contributed by atoms with Crippen LogP contribution in [0.3, 0.4) is 0 Å². The first-order valence-electron chi connectivity index (χ1n) is 7.70. The van der Waals surface area contributed by atoms with Crippen molar-refractivity contribution in [2.75, 3.05) is 6.61 Å². The van der Waals surface area contributed by atoms with Crippen molar-refractivity contribution >= 4 is 23.0 Å². The molecule has 1 aliphatic heterocycles. The molecule has 5 nitrogen and oxygen atoms in total. The van der Waals surface area contributed by atoms with E-state index in [1.807, 2.05) is 34.6 Å². The van der Waals surface area contributed by atoms with Gasteiger partial charge in [0.25, 0.3) is 0 Å². The molecular weight excluding hydrogens is 336 g/mol. The summed E-state index contributed by atoms with van der Waals surface area (Å²) < 4.78 is 21.3. The van der Waals surface area contributed by atoms with Crippen LogP contribution in [0.2, 0.25) is 5.15 Å². The van der Waals surface area contributed by atoms with Crippen LogP contribution in [0.1, 0.15) is 58.9 Å². The van der Waals surface area contributed by atoms with Gasteiger partial charge >= 0.3 is 0 Å². The number of nitrogens with zero attached hydrogens (tertiary/aromatic N) is 1. The minimum atomic E-state index is -1.27. The summed E-state index contributed by atoms with van der Waals surface area (Å²) in [7, 11) is 0. The third-order valence-electron chi connectivity index (χ3n) is 4.12. The zero-order valence-corrected chi connectivity index (χ0v) is 16.0. The largest absolute Gasteiger partial charge is 0.598 e. The molecule has 0 bridgehead atoms. The van der Waals surface area contributed by atoms with E-state index in [-0.39, 0.29) is 11.1 Å². The van der Waals surface area contributed by atoms with E-state index >= 15 is 0 Å². The molecule has 2 N–H and O–H groups in total. The molecule has 0 saturated carbocycles. The molecule has 1 aromatic heterocycles. The van der Waals surface area contributed by atoms with Gasteiger partial charge in [-0.15, -0.1) is 4.72 Å². The Balaban J connectivity index is 2.54. The first-order valence-corrected chi connectivity index (χ1v) is 9.23. The maximum Gasteiger partial charge on any atom is 0.171 e. The van der Waals surface area contributed by atoms with Gasteiger partial charge in [0.15, 0.2) is 10.9 Å². The van der Waals surface area contributed by atoms with Crippen LogP contribution < -0.4 is 9.46 Å². The number of hydrogen-bond donors (Lipinski definition) is 2. The van der Waals surface area contributed by atoms with Crippen molar-refractivity contribution in [2.24, 2.45) is 5.92 Å². The highest BCUT2D eigenvalue weighted by atomic mass is 35.5. The maximum absolute atomic E-state index is 12.7. The number of aliphatic hydroxyl groups is 1. The van der Waals surface area contributed by atoms with Gasteiger partial charge in [0.1, 0.15) is 16.9 Å². The summed E-state index contributed by atoms with van der Waals surface area (Å²) >= 11 is 4.95. The van der Waals surface area contributed by atoms with Crippen molar-refractivity contribution in [1.82, 2.24) is 9.71 Å². The summed E-state index contributed by atoms with van der Waals surface area (Å²) in [5.74, 6) is 0.610. The molecule has 3 unspecified atom stereocenters. The van der Waals surface area contributed by atoms with Crippen molar-refractivity contribution in [3.8, 4) is 5.75 Å². The molecule has 7 heteroatoms. The number of aliphatic hydroxyl groups excluding tert-OH is 1. The van der Waals surface area contributed by atoms with E-state index in [9.17, 15) is 9.66 Å². The average molecular weight is 361 g/mol. The molecule has 0 saturated heterocycles. The monoisotopic (exact) mass is 360 g/mol.